The number of aryl methyl sites for hydroxylation is 2. The molecule has 2 aromatic carbocycles. The minimum atomic E-state index is 0. The summed E-state index contributed by atoms with van der Waals surface area (Å²) >= 11 is 0. The summed E-state index contributed by atoms with van der Waals surface area (Å²) in [5.41, 5.74) is 10.4. The van der Waals surface area contributed by atoms with Crippen molar-refractivity contribution >= 4 is 35.6 Å². The molecule has 5 heteroatoms. The van der Waals surface area contributed by atoms with Crippen LogP contribution in [-0.4, -0.2) is 13.1 Å². The first-order valence-electron chi connectivity index (χ1n) is 6.85. The molecule has 2 aromatic rings. The first-order chi connectivity index (χ1) is 10.1. The van der Waals surface area contributed by atoms with E-state index in [1.807, 2.05) is 36.4 Å². The van der Waals surface area contributed by atoms with E-state index in [-0.39, 0.29) is 24.0 Å². The molecule has 0 aliphatic rings. The molecule has 0 atom stereocenters. The molecule has 3 N–H and O–H groups in total. The predicted octanol–water partition coefficient (Wildman–Crippen LogP) is 3.86. The average Bonchev–Trinajstić information content (AvgIpc) is 2.44. The van der Waals surface area contributed by atoms with Gasteiger partial charge in [-0.1, -0.05) is 18.2 Å². The van der Waals surface area contributed by atoms with Gasteiger partial charge >= 0.3 is 0 Å². The Morgan fingerprint density at radius 1 is 1.09 bits per heavy atom. The monoisotopic (exact) mass is 411 g/mol. The number of ether oxygens (including phenoxy) is 1. The second-order valence-corrected chi connectivity index (χ2v) is 5.05. The molecule has 0 amide bonds. The number of methoxy groups -OCH3 is 1. The Hall–Kier alpha value is -1.76. The van der Waals surface area contributed by atoms with Gasteiger partial charge in [0.25, 0.3) is 0 Å². The number of aliphatic imine (C=N–C) groups is 1. The summed E-state index contributed by atoms with van der Waals surface area (Å²) in [5.74, 6) is 1.25. The molecule has 0 saturated heterocycles. The van der Waals surface area contributed by atoms with Crippen molar-refractivity contribution in [1.29, 1.82) is 0 Å². The van der Waals surface area contributed by atoms with Crippen molar-refractivity contribution in [1.82, 2.24) is 0 Å². The zero-order valence-corrected chi connectivity index (χ0v) is 15.4. The van der Waals surface area contributed by atoms with E-state index < -0.39 is 0 Å². The Morgan fingerprint density at radius 3 is 2.23 bits per heavy atom. The highest BCUT2D eigenvalue weighted by Crippen LogP contribution is 2.14. The number of guanidine groups is 1. The first-order valence-corrected chi connectivity index (χ1v) is 6.85. The molecule has 0 aliphatic heterocycles. The first kappa shape index (κ1) is 18.3. The normalized spacial score (nSPS) is 10.8. The van der Waals surface area contributed by atoms with Crippen LogP contribution in [0.3, 0.4) is 0 Å². The van der Waals surface area contributed by atoms with Crippen molar-refractivity contribution in [3.8, 4) is 5.75 Å². The van der Waals surface area contributed by atoms with E-state index in [4.69, 9.17) is 10.5 Å². The van der Waals surface area contributed by atoms with Crippen LogP contribution in [0.4, 0.5) is 5.69 Å². The van der Waals surface area contributed by atoms with Crippen LogP contribution in [0.2, 0.25) is 0 Å². The second-order valence-electron chi connectivity index (χ2n) is 5.05. The highest BCUT2D eigenvalue weighted by atomic mass is 127. The number of halogens is 1. The fourth-order valence-electron chi connectivity index (χ4n) is 2.14. The lowest BCUT2D eigenvalue weighted by Gasteiger charge is -2.08. The molecular formula is C17H22IN3O. The molecule has 0 unspecified atom stereocenters. The quantitative estimate of drug-likeness (QED) is 0.457. The van der Waals surface area contributed by atoms with Crippen LogP contribution >= 0.6 is 24.0 Å². The van der Waals surface area contributed by atoms with Gasteiger partial charge in [-0.05, 0) is 54.8 Å². The molecule has 0 radical (unpaired) electrons. The molecule has 0 bridgehead atoms. The van der Waals surface area contributed by atoms with Gasteiger partial charge in [-0.3, -0.25) is 0 Å². The van der Waals surface area contributed by atoms with Crippen LogP contribution < -0.4 is 15.8 Å². The number of rotatable bonds is 4. The lowest BCUT2D eigenvalue weighted by Crippen LogP contribution is -2.22. The van der Waals surface area contributed by atoms with Crippen molar-refractivity contribution in [3.63, 3.8) is 0 Å². The summed E-state index contributed by atoms with van der Waals surface area (Å²) in [6, 6.07) is 14.0. The maximum atomic E-state index is 5.92. The Balaban J connectivity index is 0.00000242. The van der Waals surface area contributed by atoms with Crippen molar-refractivity contribution < 1.29 is 4.74 Å². The van der Waals surface area contributed by atoms with Gasteiger partial charge in [0.2, 0.25) is 0 Å². The predicted molar refractivity (Wildman–Crippen MR) is 103 cm³/mol. The highest BCUT2D eigenvalue weighted by Gasteiger charge is 1.98. The van der Waals surface area contributed by atoms with Crippen molar-refractivity contribution in [2.75, 3.05) is 12.4 Å². The zero-order chi connectivity index (χ0) is 15.2. The molecule has 0 aromatic heterocycles. The topological polar surface area (TPSA) is 59.6 Å². The summed E-state index contributed by atoms with van der Waals surface area (Å²) in [5, 5.41) is 3.12. The number of hydrogen-bond acceptors (Lipinski definition) is 2. The molecule has 0 heterocycles. The minimum Gasteiger partial charge on any atom is -0.497 e. The van der Waals surface area contributed by atoms with Gasteiger partial charge in [-0.2, -0.15) is 0 Å². The van der Waals surface area contributed by atoms with Gasteiger partial charge in [-0.15, -0.1) is 24.0 Å². The molecule has 118 valence electrons. The molecule has 2 rings (SSSR count). The van der Waals surface area contributed by atoms with Crippen LogP contribution in [-0.2, 0) is 6.54 Å². The van der Waals surface area contributed by atoms with Crippen LogP contribution in [0.1, 0.15) is 16.7 Å². The van der Waals surface area contributed by atoms with Gasteiger partial charge in [0.05, 0.1) is 13.7 Å². The van der Waals surface area contributed by atoms with Crippen LogP contribution in [0.15, 0.2) is 47.5 Å². The number of benzene rings is 2. The van der Waals surface area contributed by atoms with Gasteiger partial charge in [0.15, 0.2) is 5.96 Å². The van der Waals surface area contributed by atoms with Gasteiger partial charge < -0.3 is 15.8 Å². The summed E-state index contributed by atoms with van der Waals surface area (Å²) in [4.78, 5) is 4.35. The Kier molecular flexibility index (Phi) is 7.17. The number of nitrogens with zero attached hydrogens (tertiary/aromatic N) is 1. The van der Waals surface area contributed by atoms with Crippen LogP contribution in [0, 0.1) is 13.8 Å². The smallest absolute Gasteiger partial charge is 0.193 e. The molecule has 22 heavy (non-hydrogen) atoms. The van der Waals surface area contributed by atoms with Gasteiger partial charge in [0.1, 0.15) is 5.75 Å². The lowest BCUT2D eigenvalue weighted by molar-refractivity contribution is 0.414. The van der Waals surface area contributed by atoms with Crippen molar-refractivity contribution in [2.24, 2.45) is 10.7 Å². The summed E-state index contributed by atoms with van der Waals surface area (Å²) in [6.07, 6.45) is 0. The average molecular weight is 411 g/mol. The van der Waals surface area contributed by atoms with Gasteiger partial charge in [-0.25, -0.2) is 4.99 Å². The highest BCUT2D eigenvalue weighted by molar-refractivity contribution is 14.0. The maximum Gasteiger partial charge on any atom is 0.193 e. The molecule has 4 nitrogen and oxygen atoms in total. The van der Waals surface area contributed by atoms with E-state index in [1.54, 1.807) is 7.11 Å². The van der Waals surface area contributed by atoms with E-state index in [2.05, 4.69) is 30.2 Å². The zero-order valence-electron chi connectivity index (χ0n) is 13.1. The van der Waals surface area contributed by atoms with Crippen LogP contribution in [0.5, 0.6) is 5.75 Å². The molecular weight excluding hydrogens is 389 g/mol. The largest absolute Gasteiger partial charge is 0.497 e. The fraction of sp³-hybridized carbons (Fsp3) is 0.235. The number of anilines is 1. The summed E-state index contributed by atoms with van der Waals surface area (Å²) in [7, 11) is 1.65. The molecule has 0 fully saturated rings. The SMILES string of the molecule is COc1ccc(CN=C(N)Nc2cc(C)cc(C)c2)cc1.I. The van der Waals surface area contributed by atoms with Crippen molar-refractivity contribution in [3.05, 3.63) is 59.2 Å². The van der Waals surface area contributed by atoms with Gasteiger partial charge in [0, 0.05) is 5.69 Å². The van der Waals surface area contributed by atoms with E-state index in [0.717, 1.165) is 17.0 Å². The Morgan fingerprint density at radius 2 is 1.68 bits per heavy atom. The van der Waals surface area contributed by atoms with E-state index in [0.29, 0.717) is 12.5 Å². The number of hydrogen-bond donors (Lipinski definition) is 2. The fourth-order valence-corrected chi connectivity index (χ4v) is 2.14. The summed E-state index contributed by atoms with van der Waals surface area (Å²) in [6.45, 7) is 4.65. The standard InChI is InChI=1S/C17H21N3O.HI/c1-12-8-13(2)10-15(9-12)20-17(18)19-11-14-4-6-16(21-3)7-5-14;/h4-10H,11H2,1-3H3,(H3,18,19,20);1H. The van der Waals surface area contributed by atoms with Crippen LogP contribution in [0.25, 0.3) is 0 Å². The van der Waals surface area contributed by atoms with Crippen molar-refractivity contribution in [2.45, 2.75) is 20.4 Å². The number of nitrogens with one attached hydrogen (secondary N) is 1. The molecule has 0 spiro atoms. The third-order valence-electron chi connectivity index (χ3n) is 3.09. The second kappa shape index (κ2) is 8.63. The lowest BCUT2D eigenvalue weighted by atomic mass is 10.1. The third kappa shape index (κ3) is 5.55. The maximum absolute atomic E-state index is 5.92. The molecule has 0 aliphatic carbocycles. The summed E-state index contributed by atoms with van der Waals surface area (Å²) < 4.78 is 5.12. The van der Waals surface area contributed by atoms with E-state index in [1.165, 1.54) is 11.1 Å². The molecule has 0 saturated carbocycles. The number of nitrogens with two attached hydrogens (primary N) is 1. The Labute approximate surface area is 148 Å². The minimum absolute atomic E-state index is 0. The third-order valence-corrected chi connectivity index (χ3v) is 3.09. The van der Waals surface area contributed by atoms with E-state index in [9.17, 15) is 0 Å². The van der Waals surface area contributed by atoms with E-state index >= 15 is 0 Å². The Bertz CT molecular complexity index is 619.